The van der Waals surface area contributed by atoms with E-state index < -0.39 is 6.04 Å². The molecule has 4 nitrogen and oxygen atoms in total. The molecule has 0 rings (SSSR count). The average Bonchev–Trinajstić information content (AvgIpc) is 2.15. The number of rotatable bonds is 6. The molecule has 14 heavy (non-hydrogen) atoms. The van der Waals surface area contributed by atoms with Crippen LogP contribution in [0.4, 0.5) is 0 Å². The van der Waals surface area contributed by atoms with Crippen LogP contribution in [0.15, 0.2) is 0 Å². The number of ether oxygens (including phenoxy) is 2. The van der Waals surface area contributed by atoms with Crippen molar-refractivity contribution in [2.45, 2.75) is 39.3 Å². The Labute approximate surface area is 85.8 Å². The van der Waals surface area contributed by atoms with E-state index in [4.69, 9.17) is 15.2 Å². The predicted molar refractivity (Wildman–Crippen MR) is 54.9 cm³/mol. The van der Waals surface area contributed by atoms with E-state index in [0.717, 1.165) is 6.42 Å². The quantitative estimate of drug-likeness (QED) is 0.652. The van der Waals surface area contributed by atoms with E-state index in [1.807, 2.05) is 13.8 Å². The fraction of sp³-hybridized carbons (Fsp3) is 0.900. The first kappa shape index (κ1) is 13.4. The van der Waals surface area contributed by atoms with Gasteiger partial charge in [-0.2, -0.15) is 0 Å². The monoisotopic (exact) mass is 203 g/mol. The number of esters is 1. The van der Waals surface area contributed by atoms with E-state index in [0.29, 0.717) is 6.61 Å². The normalized spacial score (nSPS) is 17.2. The van der Waals surface area contributed by atoms with Crippen LogP contribution in [-0.4, -0.2) is 31.8 Å². The maximum Gasteiger partial charge on any atom is 0.323 e. The molecular formula is C10H21NO3. The molecule has 1 unspecified atom stereocenters. The minimum absolute atomic E-state index is 0.150. The molecule has 0 aliphatic rings. The van der Waals surface area contributed by atoms with Crippen molar-refractivity contribution < 1.29 is 14.3 Å². The number of methoxy groups -OCH3 is 1. The summed E-state index contributed by atoms with van der Waals surface area (Å²) in [5, 5.41) is 0. The van der Waals surface area contributed by atoms with E-state index in [1.54, 1.807) is 14.0 Å². The van der Waals surface area contributed by atoms with Crippen LogP contribution in [0.1, 0.15) is 27.2 Å². The number of hydrogen-bond acceptors (Lipinski definition) is 4. The standard InChI is InChI=1S/C10H21NO3/c1-5-7(2)9(11)10(12)14-8(3)6-13-4/h7-9H,5-6,11H2,1-4H3/t7-,8?,9-/m0/s1. The van der Waals surface area contributed by atoms with Gasteiger partial charge in [0.25, 0.3) is 0 Å². The van der Waals surface area contributed by atoms with Crippen LogP contribution < -0.4 is 5.73 Å². The molecule has 0 fully saturated rings. The zero-order chi connectivity index (χ0) is 11.1. The van der Waals surface area contributed by atoms with Crippen LogP contribution in [0.2, 0.25) is 0 Å². The molecule has 0 spiro atoms. The van der Waals surface area contributed by atoms with Gasteiger partial charge in [-0.3, -0.25) is 4.79 Å². The van der Waals surface area contributed by atoms with Gasteiger partial charge in [-0.05, 0) is 12.8 Å². The summed E-state index contributed by atoms with van der Waals surface area (Å²) in [6, 6.07) is -0.528. The third-order valence-corrected chi connectivity index (χ3v) is 2.25. The molecule has 0 amide bonds. The molecule has 0 saturated carbocycles. The lowest BCUT2D eigenvalue weighted by Gasteiger charge is -2.19. The number of carbonyl (C=O) groups excluding carboxylic acids is 1. The highest BCUT2D eigenvalue weighted by Crippen LogP contribution is 2.07. The van der Waals surface area contributed by atoms with Gasteiger partial charge in [0.15, 0.2) is 0 Å². The van der Waals surface area contributed by atoms with Crippen LogP contribution in [0.5, 0.6) is 0 Å². The Morgan fingerprint density at radius 1 is 1.43 bits per heavy atom. The highest BCUT2D eigenvalue weighted by atomic mass is 16.6. The molecule has 0 radical (unpaired) electrons. The molecule has 84 valence electrons. The second-order valence-electron chi connectivity index (χ2n) is 3.61. The Morgan fingerprint density at radius 3 is 2.43 bits per heavy atom. The molecule has 0 saturated heterocycles. The van der Waals surface area contributed by atoms with Gasteiger partial charge in [0.05, 0.1) is 6.61 Å². The van der Waals surface area contributed by atoms with E-state index in [1.165, 1.54) is 0 Å². The molecule has 0 aromatic heterocycles. The molecule has 0 aromatic rings. The Hall–Kier alpha value is -0.610. The second-order valence-corrected chi connectivity index (χ2v) is 3.61. The zero-order valence-corrected chi connectivity index (χ0v) is 9.45. The molecule has 0 aliphatic heterocycles. The van der Waals surface area contributed by atoms with Gasteiger partial charge in [-0.1, -0.05) is 20.3 Å². The summed E-state index contributed by atoms with van der Waals surface area (Å²) >= 11 is 0. The van der Waals surface area contributed by atoms with Crippen molar-refractivity contribution in [1.29, 1.82) is 0 Å². The Morgan fingerprint density at radius 2 is 2.00 bits per heavy atom. The van der Waals surface area contributed by atoms with Crippen LogP contribution >= 0.6 is 0 Å². The predicted octanol–water partition coefficient (Wildman–Crippen LogP) is 0.938. The van der Waals surface area contributed by atoms with E-state index in [2.05, 4.69) is 0 Å². The first-order valence-corrected chi connectivity index (χ1v) is 4.97. The Kier molecular flexibility index (Phi) is 6.49. The maximum absolute atomic E-state index is 11.4. The van der Waals surface area contributed by atoms with Crippen LogP contribution in [0.3, 0.4) is 0 Å². The molecule has 0 aromatic carbocycles. The highest BCUT2D eigenvalue weighted by Gasteiger charge is 2.22. The summed E-state index contributed by atoms with van der Waals surface area (Å²) in [4.78, 5) is 11.4. The molecular weight excluding hydrogens is 182 g/mol. The summed E-state index contributed by atoms with van der Waals surface area (Å²) in [7, 11) is 1.57. The fourth-order valence-electron chi connectivity index (χ4n) is 1.03. The zero-order valence-electron chi connectivity index (χ0n) is 9.45. The fourth-order valence-corrected chi connectivity index (χ4v) is 1.03. The van der Waals surface area contributed by atoms with Crippen molar-refractivity contribution in [3.8, 4) is 0 Å². The number of carbonyl (C=O) groups is 1. The molecule has 0 bridgehead atoms. The lowest BCUT2D eigenvalue weighted by atomic mass is 10.0. The summed E-state index contributed by atoms with van der Waals surface area (Å²) in [5.41, 5.74) is 5.70. The second kappa shape index (κ2) is 6.79. The van der Waals surface area contributed by atoms with Crippen molar-refractivity contribution in [2.24, 2.45) is 11.7 Å². The molecule has 3 atom stereocenters. The largest absolute Gasteiger partial charge is 0.459 e. The topological polar surface area (TPSA) is 61.6 Å². The summed E-state index contributed by atoms with van der Waals surface area (Å²) < 4.78 is 9.94. The van der Waals surface area contributed by atoms with Crippen LogP contribution in [-0.2, 0) is 14.3 Å². The Bertz CT molecular complexity index is 173. The van der Waals surface area contributed by atoms with Crippen molar-refractivity contribution in [3.63, 3.8) is 0 Å². The van der Waals surface area contributed by atoms with Crippen molar-refractivity contribution in [2.75, 3.05) is 13.7 Å². The first-order valence-electron chi connectivity index (χ1n) is 4.97. The maximum atomic E-state index is 11.4. The highest BCUT2D eigenvalue weighted by molar-refractivity contribution is 5.75. The number of hydrogen-bond donors (Lipinski definition) is 1. The minimum atomic E-state index is -0.528. The van der Waals surface area contributed by atoms with Gasteiger partial charge in [-0.25, -0.2) is 0 Å². The van der Waals surface area contributed by atoms with Crippen molar-refractivity contribution in [3.05, 3.63) is 0 Å². The lowest BCUT2D eigenvalue weighted by molar-refractivity contribution is -0.153. The minimum Gasteiger partial charge on any atom is -0.459 e. The summed E-state index contributed by atoms with van der Waals surface area (Å²) in [6.45, 7) is 6.12. The van der Waals surface area contributed by atoms with Crippen molar-refractivity contribution >= 4 is 5.97 Å². The molecule has 4 heteroatoms. The van der Waals surface area contributed by atoms with Crippen LogP contribution in [0.25, 0.3) is 0 Å². The molecule has 0 aliphatic carbocycles. The van der Waals surface area contributed by atoms with Gasteiger partial charge in [0.2, 0.25) is 0 Å². The number of nitrogens with two attached hydrogens (primary N) is 1. The van der Waals surface area contributed by atoms with Gasteiger partial charge in [0, 0.05) is 7.11 Å². The van der Waals surface area contributed by atoms with Crippen molar-refractivity contribution in [1.82, 2.24) is 0 Å². The Balaban J connectivity index is 3.94. The molecule has 2 N–H and O–H groups in total. The van der Waals surface area contributed by atoms with Gasteiger partial charge in [-0.15, -0.1) is 0 Å². The third-order valence-electron chi connectivity index (χ3n) is 2.25. The molecule has 0 heterocycles. The first-order chi connectivity index (χ1) is 6.52. The SMILES string of the molecule is CC[C@H](C)[C@H](N)C(=O)OC(C)COC. The van der Waals surface area contributed by atoms with E-state index in [-0.39, 0.29) is 18.0 Å². The van der Waals surface area contributed by atoms with Gasteiger partial charge in [0.1, 0.15) is 12.1 Å². The summed E-state index contributed by atoms with van der Waals surface area (Å²) in [6.07, 6.45) is 0.636. The lowest BCUT2D eigenvalue weighted by Crippen LogP contribution is -2.40. The smallest absolute Gasteiger partial charge is 0.323 e. The van der Waals surface area contributed by atoms with E-state index in [9.17, 15) is 4.79 Å². The van der Waals surface area contributed by atoms with E-state index >= 15 is 0 Å². The van der Waals surface area contributed by atoms with Gasteiger partial charge < -0.3 is 15.2 Å². The summed E-state index contributed by atoms with van der Waals surface area (Å²) in [5.74, 6) is -0.193. The van der Waals surface area contributed by atoms with Gasteiger partial charge >= 0.3 is 5.97 Å². The van der Waals surface area contributed by atoms with Crippen LogP contribution in [0, 0.1) is 5.92 Å². The average molecular weight is 203 g/mol. The third kappa shape index (κ3) is 4.58.